The Bertz CT molecular complexity index is 565. The summed E-state index contributed by atoms with van der Waals surface area (Å²) in [6.07, 6.45) is 0.399. The zero-order chi connectivity index (χ0) is 13.8. The molecular weight excluding hydrogens is 250 g/mol. The molecule has 100 valence electrons. The van der Waals surface area contributed by atoms with Crippen LogP contribution in [0.5, 0.6) is 0 Å². The monoisotopic (exact) mass is 263 g/mol. The van der Waals surface area contributed by atoms with Gasteiger partial charge in [0.25, 0.3) is 5.69 Å². The van der Waals surface area contributed by atoms with Gasteiger partial charge in [0.2, 0.25) is 11.7 Å². The van der Waals surface area contributed by atoms with Crippen LogP contribution >= 0.6 is 0 Å². The van der Waals surface area contributed by atoms with E-state index in [2.05, 4.69) is 10.1 Å². The summed E-state index contributed by atoms with van der Waals surface area (Å²) in [5.41, 5.74) is 0.639. The quantitative estimate of drug-likeness (QED) is 0.653. The Morgan fingerprint density at radius 1 is 1.42 bits per heavy atom. The highest BCUT2D eigenvalue weighted by atomic mass is 16.6. The van der Waals surface area contributed by atoms with Crippen molar-refractivity contribution in [2.45, 2.75) is 25.9 Å². The first kappa shape index (κ1) is 13.2. The van der Waals surface area contributed by atoms with Crippen LogP contribution in [-0.2, 0) is 6.42 Å². The maximum absolute atomic E-state index is 10.5. The lowest BCUT2D eigenvalue weighted by Gasteiger charge is -2.01. The van der Waals surface area contributed by atoms with Crippen LogP contribution in [0.3, 0.4) is 0 Å². The van der Waals surface area contributed by atoms with Crippen LogP contribution in [0.15, 0.2) is 28.8 Å². The lowest BCUT2D eigenvalue weighted by molar-refractivity contribution is -0.384. The van der Waals surface area contributed by atoms with Gasteiger partial charge in [-0.15, -0.1) is 0 Å². The Labute approximate surface area is 109 Å². The number of rotatable bonds is 5. The second kappa shape index (κ2) is 5.57. The molecule has 1 N–H and O–H groups in total. The fourth-order valence-corrected chi connectivity index (χ4v) is 1.53. The van der Waals surface area contributed by atoms with E-state index in [0.717, 1.165) is 0 Å². The van der Waals surface area contributed by atoms with Gasteiger partial charge in [0.1, 0.15) is 0 Å². The molecule has 0 aliphatic heterocycles. The van der Waals surface area contributed by atoms with Gasteiger partial charge in [-0.2, -0.15) is 4.98 Å². The number of hydrogen-bond acceptors (Lipinski definition) is 6. The second-order valence-corrected chi connectivity index (χ2v) is 4.08. The molecule has 2 rings (SSSR count). The van der Waals surface area contributed by atoms with E-state index in [1.165, 1.54) is 12.1 Å². The predicted molar refractivity (Wildman–Crippen MR) is 66.4 cm³/mol. The average molecular weight is 263 g/mol. The first-order valence-corrected chi connectivity index (χ1v) is 5.85. The largest absolute Gasteiger partial charge is 0.393 e. The Morgan fingerprint density at radius 3 is 2.68 bits per heavy atom. The molecule has 1 heterocycles. The lowest BCUT2D eigenvalue weighted by atomic mass is 10.2. The smallest absolute Gasteiger partial charge is 0.269 e. The van der Waals surface area contributed by atoms with E-state index in [0.29, 0.717) is 30.1 Å². The molecule has 0 aliphatic rings. The van der Waals surface area contributed by atoms with Crippen LogP contribution in [0.2, 0.25) is 0 Å². The van der Waals surface area contributed by atoms with Gasteiger partial charge in [-0.3, -0.25) is 10.1 Å². The second-order valence-electron chi connectivity index (χ2n) is 4.08. The predicted octanol–water partition coefficient (Wildman–Crippen LogP) is 1.96. The molecule has 0 saturated heterocycles. The summed E-state index contributed by atoms with van der Waals surface area (Å²) in [4.78, 5) is 14.2. The number of nitro benzene ring substituents is 1. The Hall–Kier alpha value is -2.28. The number of aromatic nitrogens is 2. The summed E-state index contributed by atoms with van der Waals surface area (Å²) < 4.78 is 5.01. The maximum atomic E-state index is 10.5. The first-order valence-electron chi connectivity index (χ1n) is 5.85. The minimum Gasteiger partial charge on any atom is -0.393 e. The summed E-state index contributed by atoms with van der Waals surface area (Å²) in [7, 11) is 0. The highest BCUT2D eigenvalue weighted by Crippen LogP contribution is 2.20. The van der Waals surface area contributed by atoms with Gasteiger partial charge in [0.05, 0.1) is 17.4 Å². The SMILES string of the molecule is CCC(O)Cc1nc(-c2ccc([N+](=O)[O-])cc2)no1. The Morgan fingerprint density at radius 2 is 2.11 bits per heavy atom. The van der Waals surface area contributed by atoms with Gasteiger partial charge in [0.15, 0.2) is 0 Å². The highest BCUT2D eigenvalue weighted by molar-refractivity contribution is 5.56. The molecule has 0 radical (unpaired) electrons. The molecule has 1 aromatic carbocycles. The van der Waals surface area contributed by atoms with Crippen LogP contribution in [-0.4, -0.2) is 26.3 Å². The van der Waals surface area contributed by atoms with Crippen molar-refractivity contribution in [2.24, 2.45) is 0 Å². The number of aliphatic hydroxyl groups is 1. The first-order chi connectivity index (χ1) is 9.10. The minimum atomic E-state index is -0.509. The molecule has 19 heavy (non-hydrogen) atoms. The lowest BCUT2D eigenvalue weighted by Crippen LogP contribution is -2.08. The standard InChI is InChI=1S/C12H13N3O4/c1-2-10(16)7-11-13-12(14-19-11)8-3-5-9(6-4-8)15(17)18/h3-6,10,16H,2,7H2,1H3. The molecule has 7 nitrogen and oxygen atoms in total. The van der Waals surface area contributed by atoms with Crippen LogP contribution in [0.1, 0.15) is 19.2 Å². The summed E-state index contributed by atoms with van der Waals surface area (Å²) in [6, 6.07) is 5.88. The molecule has 0 amide bonds. The third-order valence-electron chi connectivity index (χ3n) is 2.69. The third kappa shape index (κ3) is 3.14. The zero-order valence-electron chi connectivity index (χ0n) is 10.3. The molecule has 1 atom stereocenters. The van der Waals surface area contributed by atoms with E-state index in [4.69, 9.17) is 4.52 Å². The topological polar surface area (TPSA) is 102 Å². The van der Waals surface area contributed by atoms with E-state index in [1.807, 2.05) is 6.92 Å². The molecule has 0 fully saturated rings. The van der Waals surface area contributed by atoms with Crippen LogP contribution < -0.4 is 0 Å². The molecule has 0 saturated carbocycles. The van der Waals surface area contributed by atoms with Crippen molar-refractivity contribution in [2.75, 3.05) is 0 Å². The number of nitrogens with zero attached hydrogens (tertiary/aromatic N) is 3. The highest BCUT2D eigenvalue weighted by Gasteiger charge is 2.13. The summed E-state index contributed by atoms with van der Waals surface area (Å²) in [5.74, 6) is 0.705. The fourth-order valence-electron chi connectivity index (χ4n) is 1.53. The fraction of sp³-hybridized carbons (Fsp3) is 0.333. The van der Waals surface area contributed by atoms with Crippen molar-refractivity contribution < 1.29 is 14.6 Å². The molecule has 7 heteroatoms. The summed E-state index contributed by atoms with van der Waals surface area (Å²) in [6.45, 7) is 1.86. The van der Waals surface area contributed by atoms with E-state index < -0.39 is 11.0 Å². The number of nitro groups is 1. The third-order valence-corrected chi connectivity index (χ3v) is 2.69. The molecule has 0 aliphatic carbocycles. The van der Waals surface area contributed by atoms with Crippen LogP contribution in [0, 0.1) is 10.1 Å². The number of hydrogen-bond donors (Lipinski definition) is 1. The van der Waals surface area contributed by atoms with E-state index in [9.17, 15) is 15.2 Å². The Kier molecular flexibility index (Phi) is 3.86. The van der Waals surface area contributed by atoms with Gasteiger partial charge in [-0.1, -0.05) is 12.1 Å². The van der Waals surface area contributed by atoms with Gasteiger partial charge in [-0.05, 0) is 18.6 Å². The van der Waals surface area contributed by atoms with Crippen molar-refractivity contribution in [1.29, 1.82) is 0 Å². The summed E-state index contributed by atoms with van der Waals surface area (Å²) >= 11 is 0. The van der Waals surface area contributed by atoms with Gasteiger partial charge < -0.3 is 9.63 Å². The van der Waals surface area contributed by atoms with E-state index in [-0.39, 0.29) is 5.69 Å². The van der Waals surface area contributed by atoms with Crippen LogP contribution in [0.4, 0.5) is 5.69 Å². The summed E-state index contributed by atoms with van der Waals surface area (Å²) in [5, 5.41) is 23.8. The minimum absolute atomic E-state index is 0.00822. The van der Waals surface area contributed by atoms with Crippen molar-refractivity contribution >= 4 is 5.69 Å². The van der Waals surface area contributed by atoms with Crippen molar-refractivity contribution in [1.82, 2.24) is 10.1 Å². The Balaban J connectivity index is 2.16. The molecule has 1 aromatic heterocycles. The van der Waals surface area contributed by atoms with Gasteiger partial charge in [0, 0.05) is 17.7 Å². The van der Waals surface area contributed by atoms with Crippen molar-refractivity contribution in [3.05, 3.63) is 40.3 Å². The number of non-ortho nitro benzene ring substituents is 1. The maximum Gasteiger partial charge on any atom is 0.269 e. The normalized spacial score (nSPS) is 12.3. The molecule has 0 bridgehead atoms. The molecule has 1 unspecified atom stereocenters. The van der Waals surface area contributed by atoms with Gasteiger partial charge in [-0.25, -0.2) is 0 Å². The molecule has 0 spiro atoms. The van der Waals surface area contributed by atoms with E-state index in [1.54, 1.807) is 12.1 Å². The van der Waals surface area contributed by atoms with Gasteiger partial charge >= 0.3 is 0 Å². The molecular formula is C12H13N3O4. The van der Waals surface area contributed by atoms with Crippen molar-refractivity contribution in [3.8, 4) is 11.4 Å². The molecule has 2 aromatic rings. The average Bonchev–Trinajstić information content (AvgIpc) is 2.87. The number of aliphatic hydroxyl groups excluding tert-OH is 1. The number of benzene rings is 1. The van der Waals surface area contributed by atoms with Crippen LogP contribution in [0.25, 0.3) is 11.4 Å². The van der Waals surface area contributed by atoms with Crippen molar-refractivity contribution in [3.63, 3.8) is 0 Å². The van der Waals surface area contributed by atoms with E-state index >= 15 is 0 Å². The zero-order valence-corrected chi connectivity index (χ0v) is 10.3.